The molecule has 26 heavy (non-hydrogen) atoms. The van der Waals surface area contributed by atoms with Gasteiger partial charge in [0.05, 0.1) is 39.0 Å². The molecule has 3 rings (SSSR count). The van der Waals surface area contributed by atoms with E-state index in [0.717, 1.165) is 37.4 Å². The number of halogens is 1. The average molecular weight is 379 g/mol. The lowest BCUT2D eigenvalue weighted by atomic mass is 10.1. The van der Waals surface area contributed by atoms with Crippen LogP contribution in [0, 0.1) is 5.82 Å². The van der Waals surface area contributed by atoms with Crippen molar-refractivity contribution < 1.29 is 17.7 Å². The van der Waals surface area contributed by atoms with E-state index in [-0.39, 0.29) is 11.9 Å². The first-order valence-electron chi connectivity index (χ1n) is 8.62. The lowest BCUT2D eigenvalue weighted by Crippen LogP contribution is -3.15. The quantitative estimate of drug-likeness (QED) is 0.753. The highest BCUT2D eigenvalue weighted by Crippen LogP contribution is 2.15. The van der Waals surface area contributed by atoms with Gasteiger partial charge in [-0.25, -0.2) is 17.5 Å². The Labute approximate surface area is 153 Å². The highest BCUT2D eigenvalue weighted by molar-refractivity contribution is 7.88. The Balaban J connectivity index is 1.69. The maximum Gasteiger partial charge on any atom is 0.208 e. The Hall–Kier alpha value is -2.03. The largest absolute Gasteiger partial charge is 0.360 e. The molecule has 6 nitrogen and oxygen atoms in total. The maximum absolute atomic E-state index is 13.1. The molecule has 1 aliphatic rings. The molecule has 0 saturated carbocycles. The average Bonchev–Trinajstić information content (AvgIpc) is 2.63. The number of benzene rings is 1. The summed E-state index contributed by atoms with van der Waals surface area (Å²) in [4.78, 5) is 7.72. The fourth-order valence-electron chi connectivity index (χ4n) is 3.37. The summed E-state index contributed by atoms with van der Waals surface area (Å²) in [5, 5.41) is 0. The number of aromatic nitrogens is 1. The second kappa shape index (κ2) is 8.11. The summed E-state index contributed by atoms with van der Waals surface area (Å²) in [7, 11) is -3.25. The lowest BCUT2D eigenvalue weighted by molar-refractivity contribution is -0.930. The smallest absolute Gasteiger partial charge is 0.208 e. The summed E-state index contributed by atoms with van der Waals surface area (Å²) in [5.74, 6) is -0.235. The Bertz CT molecular complexity index is 807. The van der Waals surface area contributed by atoms with Crippen LogP contribution in [0.15, 0.2) is 48.8 Å². The van der Waals surface area contributed by atoms with E-state index in [1.807, 2.05) is 12.1 Å². The predicted octanol–water partition coefficient (Wildman–Crippen LogP) is 0.216. The molecule has 2 aromatic rings. The third kappa shape index (κ3) is 5.00. The van der Waals surface area contributed by atoms with Gasteiger partial charge in [-0.05, 0) is 36.4 Å². The fourth-order valence-corrected chi connectivity index (χ4v) is 3.84. The van der Waals surface area contributed by atoms with Crippen molar-refractivity contribution >= 4 is 15.7 Å². The molecule has 2 heterocycles. The number of nitrogens with zero attached hydrogens (tertiary/aromatic N) is 2. The van der Waals surface area contributed by atoms with Crippen LogP contribution in [-0.2, 0) is 10.0 Å². The summed E-state index contributed by atoms with van der Waals surface area (Å²) in [6.07, 6.45) is 4.69. The van der Waals surface area contributed by atoms with Crippen LogP contribution in [0.25, 0.3) is 0 Å². The van der Waals surface area contributed by atoms with E-state index < -0.39 is 10.0 Å². The number of rotatable bonds is 6. The SMILES string of the molecule is CS(=O)(=O)NCC(c1cccnc1)[NH+]1CCN(c2ccc(F)cc2)CC1. The van der Waals surface area contributed by atoms with E-state index in [0.29, 0.717) is 6.54 Å². The number of pyridine rings is 1. The summed E-state index contributed by atoms with van der Waals surface area (Å²) in [6, 6.07) is 10.4. The van der Waals surface area contributed by atoms with Crippen LogP contribution in [0.3, 0.4) is 0 Å². The monoisotopic (exact) mass is 379 g/mol. The number of quaternary nitrogens is 1. The molecule has 0 aliphatic carbocycles. The first-order valence-corrected chi connectivity index (χ1v) is 10.5. The van der Waals surface area contributed by atoms with Gasteiger partial charge in [0, 0.05) is 23.6 Å². The van der Waals surface area contributed by atoms with Crippen LogP contribution < -0.4 is 14.5 Å². The van der Waals surface area contributed by atoms with Crippen molar-refractivity contribution in [3.63, 3.8) is 0 Å². The van der Waals surface area contributed by atoms with Gasteiger partial charge in [-0.15, -0.1) is 0 Å². The number of hydrogen-bond donors (Lipinski definition) is 2. The first-order chi connectivity index (χ1) is 12.4. The van der Waals surface area contributed by atoms with E-state index in [1.165, 1.54) is 23.3 Å². The molecular formula is C18H24FN4O2S+. The lowest BCUT2D eigenvalue weighted by Gasteiger charge is -2.37. The van der Waals surface area contributed by atoms with Gasteiger partial charge in [0.1, 0.15) is 11.9 Å². The summed E-state index contributed by atoms with van der Waals surface area (Å²) in [5.41, 5.74) is 2.03. The van der Waals surface area contributed by atoms with E-state index in [2.05, 4.69) is 14.6 Å². The van der Waals surface area contributed by atoms with Gasteiger partial charge in [0.2, 0.25) is 10.0 Å². The second-order valence-corrected chi connectivity index (χ2v) is 8.41. The molecule has 0 radical (unpaired) electrons. The topological polar surface area (TPSA) is 66.7 Å². The van der Waals surface area contributed by atoms with Gasteiger partial charge < -0.3 is 9.80 Å². The van der Waals surface area contributed by atoms with Crippen molar-refractivity contribution in [2.24, 2.45) is 0 Å². The van der Waals surface area contributed by atoms with Gasteiger partial charge in [0.25, 0.3) is 0 Å². The molecule has 1 unspecified atom stereocenters. The number of sulfonamides is 1. The molecule has 8 heteroatoms. The Kier molecular flexibility index (Phi) is 5.85. The molecule has 1 aromatic carbocycles. The zero-order valence-electron chi connectivity index (χ0n) is 14.7. The van der Waals surface area contributed by atoms with Gasteiger partial charge in [-0.3, -0.25) is 4.98 Å². The van der Waals surface area contributed by atoms with Gasteiger partial charge in [0.15, 0.2) is 0 Å². The summed E-state index contributed by atoms with van der Waals surface area (Å²) < 4.78 is 38.8. The van der Waals surface area contributed by atoms with Crippen molar-refractivity contribution in [1.29, 1.82) is 0 Å². The highest BCUT2D eigenvalue weighted by Gasteiger charge is 2.29. The summed E-state index contributed by atoms with van der Waals surface area (Å²) in [6.45, 7) is 3.73. The molecular weight excluding hydrogens is 355 g/mol. The molecule has 140 valence electrons. The van der Waals surface area contributed by atoms with Crippen LogP contribution in [0.4, 0.5) is 10.1 Å². The molecule has 1 aliphatic heterocycles. The van der Waals surface area contributed by atoms with Crippen molar-refractivity contribution in [3.05, 3.63) is 60.2 Å². The standard InChI is InChI=1S/C18H23FN4O2S/c1-26(24,25)21-14-18(15-3-2-8-20-13-15)23-11-9-22(10-12-23)17-6-4-16(19)5-7-17/h2-8,13,18,21H,9-12,14H2,1H3/p+1. The Morgan fingerprint density at radius 3 is 2.50 bits per heavy atom. The maximum atomic E-state index is 13.1. The van der Waals surface area contributed by atoms with Crippen LogP contribution in [0.1, 0.15) is 11.6 Å². The molecule has 2 N–H and O–H groups in total. The minimum absolute atomic E-state index is 0.00814. The van der Waals surface area contributed by atoms with Crippen LogP contribution in [0.2, 0.25) is 0 Å². The number of piperazine rings is 1. The van der Waals surface area contributed by atoms with Crippen molar-refractivity contribution in [2.75, 3.05) is 43.9 Å². The molecule has 0 spiro atoms. The predicted molar refractivity (Wildman–Crippen MR) is 99.1 cm³/mol. The second-order valence-electron chi connectivity index (χ2n) is 6.58. The molecule has 1 fully saturated rings. The molecule has 1 atom stereocenters. The van der Waals surface area contributed by atoms with Gasteiger partial charge in [-0.2, -0.15) is 0 Å². The van der Waals surface area contributed by atoms with Gasteiger partial charge in [-0.1, -0.05) is 0 Å². The Morgan fingerprint density at radius 1 is 1.23 bits per heavy atom. The molecule has 0 bridgehead atoms. The van der Waals surface area contributed by atoms with E-state index in [4.69, 9.17) is 0 Å². The molecule has 1 aromatic heterocycles. The molecule has 0 amide bonds. The van der Waals surface area contributed by atoms with Crippen LogP contribution in [0.5, 0.6) is 0 Å². The minimum atomic E-state index is -3.25. The van der Waals surface area contributed by atoms with E-state index >= 15 is 0 Å². The van der Waals surface area contributed by atoms with Gasteiger partial charge >= 0.3 is 0 Å². The number of hydrogen-bond acceptors (Lipinski definition) is 4. The number of anilines is 1. The van der Waals surface area contributed by atoms with E-state index in [9.17, 15) is 12.8 Å². The highest BCUT2D eigenvalue weighted by atomic mass is 32.2. The first kappa shape index (κ1) is 18.8. The molecule has 1 saturated heterocycles. The van der Waals surface area contributed by atoms with Crippen molar-refractivity contribution in [1.82, 2.24) is 9.71 Å². The zero-order valence-corrected chi connectivity index (χ0v) is 15.5. The van der Waals surface area contributed by atoms with E-state index in [1.54, 1.807) is 24.5 Å². The minimum Gasteiger partial charge on any atom is -0.360 e. The van der Waals surface area contributed by atoms with Crippen LogP contribution >= 0.6 is 0 Å². The van der Waals surface area contributed by atoms with Crippen molar-refractivity contribution in [2.45, 2.75) is 6.04 Å². The zero-order chi connectivity index (χ0) is 18.6. The summed E-state index contributed by atoms with van der Waals surface area (Å²) >= 11 is 0. The third-order valence-electron chi connectivity index (χ3n) is 4.73. The Morgan fingerprint density at radius 2 is 1.92 bits per heavy atom. The fraction of sp³-hybridized carbons (Fsp3) is 0.389. The van der Waals surface area contributed by atoms with Crippen molar-refractivity contribution in [3.8, 4) is 0 Å². The van der Waals surface area contributed by atoms with Crippen LogP contribution in [-0.4, -0.2) is 52.4 Å². The third-order valence-corrected chi connectivity index (χ3v) is 5.42. The normalized spacial score (nSPS) is 17.2. The number of nitrogens with one attached hydrogen (secondary N) is 2.